The van der Waals surface area contributed by atoms with E-state index in [0.717, 1.165) is 16.1 Å². The van der Waals surface area contributed by atoms with Gasteiger partial charge in [0.15, 0.2) is 0 Å². The number of hydrogen-bond donors (Lipinski definition) is 0. The van der Waals surface area contributed by atoms with Crippen LogP contribution in [0.15, 0.2) is 58.5 Å². The van der Waals surface area contributed by atoms with E-state index in [9.17, 15) is 4.79 Å². The molecular weight excluding hydrogens is 290 g/mol. The molecule has 0 aliphatic rings. The average molecular weight is 302 g/mol. The van der Waals surface area contributed by atoms with Crippen LogP contribution in [0.2, 0.25) is 5.02 Å². The number of carbonyl (C=O) groups excluding carboxylic acids is 1. The van der Waals surface area contributed by atoms with Gasteiger partial charge in [-0.1, -0.05) is 29.4 Å². The van der Waals surface area contributed by atoms with E-state index >= 15 is 0 Å². The van der Waals surface area contributed by atoms with Crippen LogP contribution >= 0.6 is 23.4 Å². The van der Waals surface area contributed by atoms with E-state index in [1.165, 1.54) is 10.9 Å². The lowest BCUT2D eigenvalue weighted by molar-refractivity contribution is 0.112. The predicted molar refractivity (Wildman–Crippen MR) is 83.9 cm³/mol. The molecule has 0 unspecified atom stereocenters. The van der Waals surface area contributed by atoms with Gasteiger partial charge in [0.25, 0.3) is 0 Å². The summed E-state index contributed by atoms with van der Waals surface area (Å²) in [4.78, 5) is 12.8. The number of aromatic nitrogens is 1. The van der Waals surface area contributed by atoms with E-state index in [4.69, 9.17) is 11.6 Å². The standard InChI is InChI=1S/C16H12ClNOS/c1-18-7-6-12-9-13(3-4-15(12)18)20-16-5-2-11(10-19)8-14(16)17/h2-10H,1H3. The van der Waals surface area contributed by atoms with Crippen LogP contribution in [0.1, 0.15) is 10.4 Å². The zero-order valence-corrected chi connectivity index (χ0v) is 12.4. The van der Waals surface area contributed by atoms with Crippen LogP contribution in [0.4, 0.5) is 0 Å². The van der Waals surface area contributed by atoms with Gasteiger partial charge in [0.05, 0.1) is 5.02 Å². The molecule has 0 aliphatic heterocycles. The Morgan fingerprint density at radius 2 is 2.00 bits per heavy atom. The minimum absolute atomic E-state index is 0.595. The highest BCUT2D eigenvalue weighted by Crippen LogP contribution is 2.35. The van der Waals surface area contributed by atoms with Gasteiger partial charge in [-0.25, -0.2) is 0 Å². The van der Waals surface area contributed by atoms with Crippen LogP contribution in [0, 0.1) is 0 Å². The second-order valence-electron chi connectivity index (χ2n) is 4.56. The third-order valence-corrected chi connectivity index (χ3v) is 4.67. The summed E-state index contributed by atoms with van der Waals surface area (Å²) in [6.45, 7) is 0. The van der Waals surface area contributed by atoms with Gasteiger partial charge in [-0.3, -0.25) is 4.79 Å². The predicted octanol–water partition coefficient (Wildman–Crippen LogP) is 4.80. The SMILES string of the molecule is Cn1ccc2cc(Sc3ccc(C=O)cc3Cl)ccc21. The Hall–Kier alpha value is -1.71. The van der Waals surface area contributed by atoms with Gasteiger partial charge in [-0.2, -0.15) is 0 Å². The van der Waals surface area contributed by atoms with Crippen molar-refractivity contribution in [2.45, 2.75) is 9.79 Å². The largest absolute Gasteiger partial charge is 0.351 e. The number of hydrogen-bond acceptors (Lipinski definition) is 2. The molecule has 0 spiro atoms. The Morgan fingerprint density at radius 3 is 2.75 bits per heavy atom. The fourth-order valence-electron chi connectivity index (χ4n) is 2.12. The Labute approximate surface area is 126 Å². The number of aldehydes is 1. The Balaban J connectivity index is 1.94. The molecule has 0 fully saturated rings. The molecule has 0 N–H and O–H groups in total. The number of benzene rings is 2. The maximum absolute atomic E-state index is 10.7. The summed E-state index contributed by atoms with van der Waals surface area (Å²) in [7, 11) is 2.03. The first-order valence-electron chi connectivity index (χ1n) is 6.15. The van der Waals surface area contributed by atoms with Crippen LogP contribution in [0.3, 0.4) is 0 Å². The van der Waals surface area contributed by atoms with Gasteiger partial charge in [-0.05, 0) is 36.4 Å². The molecule has 2 nitrogen and oxygen atoms in total. The van der Waals surface area contributed by atoms with Gasteiger partial charge < -0.3 is 4.57 Å². The van der Waals surface area contributed by atoms with Crippen molar-refractivity contribution in [2.75, 3.05) is 0 Å². The van der Waals surface area contributed by atoms with Gasteiger partial charge in [0.1, 0.15) is 6.29 Å². The maximum Gasteiger partial charge on any atom is 0.150 e. The molecule has 0 amide bonds. The molecule has 20 heavy (non-hydrogen) atoms. The van der Waals surface area contributed by atoms with Gasteiger partial charge in [-0.15, -0.1) is 0 Å². The van der Waals surface area contributed by atoms with E-state index in [2.05, 4.69) is 28.8 Å². The van der Waals surface area contributed by atoms with Crippen molar-refractivity contribution in [1.82, 2.24) is 4.57 Å². The number of aryl methyl sites for hydroxylation is 1. The Morgan fingerprint density at radius 1 is 1.15 bits per heavy atom. The lowest BCUT2D eigenvalue weighted by Crippen LogP contribution is -1.84. The summed E-state index contributed by atoms with van der Waals surface area (Å²) in [6.07, 6.45) is 2.85. The minimum Gasteiger partial charge on any atom is -0.351 e. The van der Waals surface area contributed by atoms with Gasteiger partial charge in [0, 0.05) is 39.5 Å². The highest BCUT2D eigenvalue weighted by Gasteiger charge is 2.06. The first-order chi connectivity index (χ1) is 9.67. The number of rotatable bonds is 3. The molecular formula is C16H12ClNOS. The van der Waals surface area contributed by atoms with Crippen molar-refractivity contribution >= 4 is 40.6 Å². The molecule has 3 aromatic rings. The highest BCUT2D eigenvalue weighted by atomic mass is 35.5. The zero-order valence-electron chi connectivity index (χ0n) is 10.8. The topological polar surface area (TPSA) is 22.0 Å². The van der Waals surface area contributed by atoms with Crippen LogP contribution in [-0.4, -0.2) is 10.9 Å². The van der Waals surface area contributed by atoms with E-state index in [-0.39, 0.29) is 0 Å². The monoisotopic (exact) mass is 301 g/mol. The molecule has 0 aliphatic carbocycles. The summed E-state index contributed by atoms with van der Waals surface area (Å²) in [5.41, 5.74) is 1.80. The quantitative estimate of drug-likeness (QED) is 0.649. The molecule has 0 radical (unpaired) electrons. The molecule has 4 heteroatoms. The van der Waals surface area contributed by atoms with E-state index in [1.54, 1.807) is 23.9 Å². The smallest absolute Gasteiger partial charge is 0.150 e. The van der Waals surface area contributed by atoms with E-state index in [1.807, 2.05) is 19.3 Å². The zero-order chi connectivity index (χ0) is 14.1. The lowest BCUT2D eigenvalue weighted by atomic mass is 10.2. The number of halogens is 1. The fourth-order valence-corrected chi connectivity index (χ4v) is 3.30. The third kappa shape index (κ3) is 2.47. The lowest BCUT2D eigenvalue weighted by Gasteiger charge is -2.05. The van der Waals surface area contributed by atoms with Gasteiger partial charge in [0.2, 0.25) is 0 Å². The van der Waals surface area contributed by atoms with Crippen molar-refractivity contribution in [1.29, 1.82) is 0 Å². The summed E-state index contributed by atoms with van der Waals surface area (Å²) in [5.74, 6) is 0. The first-order valence-corrected chi connectivity index (χ1v) is 7.34. The summed E-state index contributed by atoms with van der Waals surface area (Å²) < 4.78 is 2.09. The molecule has 0 bridgehead atoms. The molecule has 2 aromatic carbocycles. The second-order valence-corrected chi connectivity index (χ2v) is 6.08. The van der Waals surface area contributed by atoms with Crippen molar-refractivity contribution in [3.8, 4) is 0 Å². The third-order valence-electron chi connectivity index (χ3n) is 3.18. The number of carbonyl (C=O) groups is 1. The molecule has 0 atom stereocenters. The molecule has 1 heterocycles. The van der Waals surface area contributed by atoms with Crippen molar-refractivity contribution < 1.29 is 4.79 Å². The summed E-state index contributed by atoms with van der Waals surface area (Å²) in [6, 6.07) is 13.8. The van der Waals surface area contributed by atoms with Crippen LogP contribution < -0.4 is 0 Å². The molecule has 1 aromatic heterocycles. The molecule has 0 saturated heterocycles. The van der Waals surface area contributed by atoms with Crippen LogP contribution in [0.5, 0.6) is 0 Å². The van der Waals surface area contributed by atoms with Crippen molar-refractivity contribution in [3.63, 3.8) is 0 Å². The second kappa shape index (κ2) is 5.35. The van der Waals surface area contributed by atoms with Crippen molar-refractivity contribution in [3.05, 3.63) is 59.2 Å². The number of nitrogens with zero attached hydrogens (tertiary/aromatic N) is 1. The Bertz CT molecular complexity index is 794. The Kier molecular flexibility index (Phi) is 3.55. The molecule has 3 rings (SSSR count). The first kappa shape index (κ1) is 13.3. The highest BCUT2D eigenvalue weighted by molar-refractivity contribution is 7.99. The van der Waals surface area contributed by atoms with Crippen LogP contribution in [0.25, 0.3) is 10.9 Å². The minimum atomic E-state index is 0.595. The van der Waals surface area contributed by atoms with E-state index < -0.39 is 0 Å². The van der Waals surface area contributed by atoms with Gasteiger partial charge >= 0.3 is 0 Å². The summed E-state index contributed by atoms with van der Waals surface area (Å²) in [5, 5.41) is 1.81. The normalized spacial score (nSPS) is 10.9. The van der Waals surface area contributed by atoms with Crippen LogP contribution in [-0.2, 0) is 7.05 Å². The van der Waals surface area contributed by atoms with Crippen molar-refractivity contribution in [2.24, 2.45) is 7.05 Å². The molecule has 100 valence electrons. The van der Waals surface area contributed by atoms with E-state index in [0.29, 0.717) is 10.6 Å². The maximum atomic E-state index is 10.7. The fraction of sp³-hybridized carbons (Fsp3) is 0.0625. The number of fused-ring (bicyclic) bond motifs is 1. The average Bonchev–Trinajstić information content (AvgIpc) is 2.82. The summed E-state index contributed by atoms with van der Waals surface area (Å²) >= 11 is 7.80. The molecule has 0 saturated carbocycles.